The molecule has 0 aliphatic rings. The zero-order valence-corrected chi connectivity index (χ0v) is 17.0. The van der Waals surface area contributed by atoms with E-state index < -0.39 is 5.97 Å². The monoisotopic (exact) mass is 420 g/mol. The number of hydrogen-bond acceptors (Lipinski definition) is 8. The molecule has 0 unspecified atom stereocenters. The third-order valence-electron chi connectivity index (χ3n) is 3.84. The number of aromatic nitrogens is 2. The van der Waals surface area contributed by atoms with Gasteiger partial charge in [0.05, 0.1) is 30.4 Å². The summed E-state index contributed by atoms with van der Waals surface area (Å²) in [4.78, 5) is 17.5. The molecule has 3 aromatic rings. The van der Waals surface area contributed by atoms with Crippen molar-refractivity contribution in [3.63, 3.8) is 0 Å². The standard InChI is InChI=1S/C19H17ClN2O5S/c1-24-11-4-6-13(16(8-11)25-2)18-21-17(27-22-18)10-26-19(23)14-9-12(28-3)5-7-15(14)20/h4-9H,10H2,1-3H3. The summed E-state index contributed by atoms with van der Waals surface area (Å²) in [5.74, 6) is 1.07. The molecule has 0 spiro atoms. The Morgan fingerprint density at radius 3 is 2.71 bits per heavy atom. The first-order chi connectivity index (χ1) is 13.5. The lowest BCUT2D eigenvalue weighted by molar-refractivity contribution is 0.0429. The van der Waals surface area contributed by atoms with Crippen LogP contribution in [-0.2, 0) is 11.3 Å². The number of carbonyl (C=O) groups excluding carboxylic acids is 1. The number of thioether (sulfide) groups is 1. The maximum Gasteiger partial charge on any atom is 0.340 e. The lowest BCUT2D eigenvalue weighted by Crippen LogP contribution is -2.06. The first-order valence-corrected chi connectivity index (χ1v) is 9.71. The fourth-order valence-electron chi connectivity index (χ4n) is 2.40. The first-order valence-electron chi connectivity index (χ1n) is 8.11. The van der Waals surface area contributed by atoms with Crippen molar-refractivity contribution in [2.75, 3.05) is 20.5 Å². The van der Waals surface area contributed by atoms with Crippen molar-refractivity contribution in [2.24, 2.45) is 0 Å². The Bertz CT molecular complexity index is 992. The van der Waals surface area contributed by atoms with Crippen LogP contribution in [0.5, 0.6) is 11.5 Å². The van der Waals surface area contributed by atoms with Gasteiger partial charge in [-0.2, -0.15) is 4.98 Å². The van der Waals surface area contributed by atoms with Crippen LogP contribution < -0.4 is 9.47 Å². The minimum absolute atomic E-state index is 0.151. The first kappa shape index (κ1) is 20.0. The van der Waals surface area contributed by atoms with Crippen molar-refractivity contribution >= 4 is 29.3 Å². The highest BCUT2D eigenvalue weighted by Gasteiger charge is 2.17. The Balaban J connectivity index is 1.73. The quantitative estimate of drug-likeness (QED) is 0.408. The second-order valence-corrected chi connectivity index (χ2v) is 6.79. The van der Waals surface area contributed by atoms with E-state index in [1.54, 1.807) is 37.4 Å². The van der Waals surface area contributed by atoms with Crippen molar-refractivity contribution in [2.45, 2.75) is 11.5 Å². The molecule has 3 rings (SSSR count). The number of halogens is 1. The Labute approximate surface area is 170 Å². The van der Waals surface area contributed by atoms with Gasteiger partial charge in [-0.05, 0) is 36.6 Å². The van der Waals surface area contributed by atoms with Crippen LogP contribution in [-0.4, -0.2) is 36.6 Å². The molecule has 0 aliphatic carbocycles. The van der Waals surface area contributed by atoms with Crippen molar-refractivity contribution in [1.29, 1.82) is 0 Å². The molecule has 0 saturated heterocycles. The van der Waals surface area contributed by atoms with Crippen LogP contribution >= 0.6 is 23.4 Å². The molecule has 0 atom stereocenters. The number of esters is 1. The van der Waals surface area contributed by atoms with Gasteiger partial charge in [0.2, 0.25) is 5.82 Å². The van der Waals surface area contributed by atoms with E-state index in [1.807, 2.05) is 12.3 Å². The van der Waals surface area contributed by atoms with Gasteiger partial charge in [-0.3, -0.25) is 0 Å². The van der Waals surface area contributed by atoms with E-state index in [0.717, 1.165) is 4.90 Å². The van der Waals surface area contributed by atoms with E-state index in [0.29, 0.717) is 27.9 Å². The van der Waals surface area contributed by atoms with Crippen LogP contribution in [0.1, 0.15) is 16.2 Å². The fraction of sp³-hybridized carbons (Fsp3) is 0.211. The van der Waals surface area contributed by atoms with Gasteiger partial charge >= 0.3 is 5.97 Å². The van der Waals surface area contributed by atoms with Crippen LogP contribution in [0.4, 0.5) is 0 Å². The molecule has 0 saturated carbocycles. The van der Waals surface area contributed by atoms with Crippen LogP contribution in [0.15, 0.2) is 45.8 Å². The Morgan fingerprint density at radius 2 is 2.00 bits per heavy atom. The van der Waals surface area contributed by atoms with Crippen LogP contribution in [0.3, 0.4) is 0 Å². The lowest BCUT2D eigenvalue weighted by Gasteiger charge is -2.07. The average Bonchev–Trinajstić information content (AvgIpc) is 3.20. The Kier molecular flexibility index (Phi) is 6.43. The van der Waals surface area contributed by atoms with Crippen LogP contribution in [0.25, 0.3) is 11.4 Å². The fourth-order valence-corrected chi connectivity index (χ4v) is 3.03. The van der Waals surface area contributed by atoms with Gasteiger partial charge < -0.3 is 18.7 Å². The molecule has 9 heteroatoms. The summed E-state index contributed by atoms with van der Waals surface area (Å²) in [6.45, 7) is -0.176. The summed E-state index contributed by atoms with van der Waals surface area (Å²) in [5.41, 5.74) is 0.908. The minimum Gasteiger partial charge on any atom is -0.497 e. The number of rotatable bonds is 7. The van der Waals surface area contributed by atoms with E-state index >= 15 is 0 Å². The van der Waals surface area contributed by atoms with Crippen molar-refractivity contribution in [1.82, 2.24) is 10.1 Å². The molecule has 0 radical (unpaired) electrons. The smallest absolute Gasteiger partial charge is 0.340 e. The summed E-state index contributed by atoms with van der Waals surface area (Å²) in [6, 6.07) is 10.4. The van der Waals surface area contributed by atoms with E-state index in [2.05, 4.69) is 10.1 Å². The summed E-state index contributed by atoms with van der Waals surface area (Å²) < 4.78 is 20.9. The van der Waals surface area contributed by atoms with Crippen molar-refractivity contribution in [3.8, 4) is 22.9 Å². The highest BCUT2D eigenvalue weighted by molar-refractivity contribution is 7.98. The van der Waals surface area contributed by atoms with Crippen molar-refractivity contribution in [3.05, 3.63) is 52.9 Å². The number of benzene rings is 2. The molecule has 146 valence electrons. The minimum atomic E-state index is -0.567. The number of nitrogens with zero attached hydrogens (tertiary/aromatic N) is 2. The number of ether oxygens (including phenoxy) is 3. The molecule has 1 aromatic heterocycles. The summed E-state index contributed by atoms with van der Waals surface area (Å²) in [5, 5.41) is 4.24. The van der Waals surface area contributed by atoms with E-state index in [9.17, 15) is 4.79 Å². The van der Waals surface area contributed by atoms with Gasteiger partial charge in [-0.1, -0.05) is 16.8 Å². The van der Waals surface area contributed by atoms with E-state index in [4.69, 9.17) is 30.3 Å². The summed E-state index contributed by atoms with van der Waals surface area (Å²) in [6.07, 6.45) is 1.91. The van der Waals surface area contributed by atoms with Crippen LogP contribution in [0.2, 0.25) is 5.02 Å². The predicted molar refractivity (Wildman–Crippen MR) is 105 cm³/mol. The van der Waals surface area contributed by atoms with Gasteiger partial charge in [0.15, 0.2) is 6.61 Å². The predicted octanol–water partition coefficient (Wildman–Crippen LogP) is 4.49. The second kappa shape index (κ2) is 8.99. The molecule has 0 N–H and O–H groups in total. The highest BCUT2D eigenvalue weighted by Crippen LogP contribution is 2.31. The third-order valence-corrected chi connectivity index (χ3v) is 4.89. The number of methoxy groups -OCH3 is 2. The molecular weight excluding hydrogens is 404 g/mol. The SMILES string of the molecule is COc1ccc(-c2noc(COC(=O)c3cc(SC)ccc3Cl)n2)c(OC)c1. The van der Waals surface area contributed by atoms with Gasteiger partial charge in [0.25, 0.3) is 5.89 Å². The molecular formula is C19H17ClN2O5S. The summed E-state index contributed by atoms with van der Waals surface area (Å²) in [7, 11) is 3.10. The normalized spacial score (nSPS) is 10.6. The van der Waals surface area contributed by atoms with Gasteiger partial charge in [-0.15, -0.1) is 11.8 Å². The van der Waals surface area contributed by atoms with Gasteiger partial charge in [0.1, 0.15) is 11.5 Å². The highest BCUT2D eigenvalue weighted by atomic mass is 35.5. The Hall–Kier alpha value is -2.71. The van der Waals surface area contributed by atoms with Crippen molar-refractivity contribution < 1.29 is 23.5 Å². The molecule has 1 heterocycles. The topological polar surface area (TPSA) is 83.7 Å². The van der Waals surface area contributed by atoms with E-state index in [-0.39, 0.29) is 18.1 Å². The lowest BCUT2D eigenvalue weighted by atomic mass is 10.2. The second-order valence-electron chi connectivity index (χ2n) is 5.50. The van der Waals surface area contributed by atoms with Gasteiger partial charge in [0, 0.05) is 11.0 Å². The third kappa shape index (κ3) is 4.40. The maximum absolute atomic E-state index is 12.3. The van der Waals surface area contributed by atoms with E-state index in [1.165, 1.54) is 18.9 Å². The molecule has 0 aliphatic heterocycles. The molecule has 0 fully saturated rings. The molecule has 7 nitrogen and oxygen atoms in total. The molecule has 28 heavy (non-hydrogen) atoms. The zero-order chi connectivity index (χ0) is 20.1. The number of hydrogen-bond donors (Lipinski definition) is 0. The molecule has 2 aromatic carbocycles. The molecule has 0 bridgehead atoms. The zero-order valence-electron chi connectivity index (χ0n) is 15.4. The molecule has 0 amide bonds. The maximum atomic E-state index is 12.3. The van der Waals surface area contributed by atoms with Crippen LogP contribution in [0, 0.1) is 0 Å². The average molecular weight is 421 g/mol. The Morgan fingerprint density at radius 1 is 1.18 bits per heavy atom. The largest absolute Gasteiger partial charge is 0.497 e. The van der Waals surface area contributed by atoms with Gasteiger partial charge in [-0.25, -0.2) is 4.79 Å². The summed E-state index contributed by atoms with van der Waals surface area (Å²) >= 11 is 7.59. The number of carbonyl (C=O) groups is 1.